The highest BCUT2D eigenvalue weighted by molar-refractivity contribution is 7.17. The van der Waals surface area contributed by atoms with E-state index in [1.807, 2.05) is 13.8 Å². The molecule has 0 aromatic carbocycles. The average molecular weight is 316 g/mol. The van der Waals surface area contributed by atoms with Crippen LogP contribution in [0.4, 0.5) is 5.13 Å². The van der Waals surface area contributed by atoms with Crippen molar-refractivity contribution >= 4 is 22.8 Å². The van der Waals surface area contributed by atoms with Crippen LogP contribution in [0.1, 0.15) is 29.2 Å². The maximum atomic E-state index is 11.1. The fraction of sp³-hybridized carbons (Fsp3) is 0.714. The van der Waals surface area contributed by atoms with Crippen molar-refractivity contribution in [3.8, 4) is 0 Å². The summed E-state index contributed by atoms with van der Waals surface area (Å²) in [6.45, 7) is 8.34. The molecule has 1 rings (SSSR count). The Labute approximate surface area is 130 Å². The highest BCUT2D eigenvalue weighted by Crippen LogP contribution is 2.25. The van der Waals surface area contributed by atoms with Crippen LogP contribution in [-0.4, -0.2) is 57.9 Å². The smallest absolute Gasteiger partial charge is 0.186 e. The number of hydrogen-bond acceptors (Lipinski definition) is 7. The normalized spacial score (nSPS) is 10.8. The summed E-state index contributed by atoms with van der Waals surface area (Å²) in [6.07, 6.45) is 0.832. The molecule has 1 aromatic heterocycles. The molecule has 0 bridgehead atoms. The highest BCUT2D eigenvalue weighted by atomic mass is 32.1. The molecule has 0 unspecified atom stereocenters. The second-order valence-electron chi connectivity index (χ2n) is 4.24. The standard InChI is InChI=1S/C14H24N2O4S/c1-4-19-8-6-16(7-9-20-5-2)14-15-12(11-18-3)13(10-17)21-14/h10H,4-9,11H2,1-3H3. The van der Waals surface area contributed by atoms with E-state index < -0.39 is 0 Å². The molecule has 21 heavy (non-hydrogen) atoms. The van der Waals surface area contributed by atoms with Crippen molar-refractivity contribution in [1.82, 2.24) is 4.98 Å². The first-order valence-electron chi connectivity index (χ1n) is 7.11. The summed E-state index contributed by atoms with van der Waals surface area (Å²) in [4.78, 5) is 18.3. The van der Waals surface area contributed by atoms with Gasteiger partial charge in [-0.15, -0.1) is 0 Å². The van der Waals surface area contributed by atoms with Crippen LogP contribution in [0.3, 0.4) is 0 Å². The van der Waals surface area contributed by atoms with E-state index in [9.17, 15) is 4.79 Å². The number of anilines is 1. The molecule has 0 radical (unpaired) electrons. The molecule has 0 saturated heterocycles. The van der Waals surface area contributed by atoms with Gasteiger partial charge in [-0.25, -0.2) is 4.98 Å². The van der Waals surface area contributed by atoms with Crippen LogP contribution < -0.4 is 4.90 Å². The van der Waals surface area contributed by atoms with Crippen LogP contribution in [0.2, 0.25) is 0 Å². The van der Waals surface area contributed by atoms with Gasteiger partial charge in [-0.1, -0.05) is 11.3 Å². The molecule has 0 saturated carbocycles. The Morgan fingerprint density at radius 2 is 1.81 bits per heavy atom. The first-order chi connectivity index (χ1) is 10.3. The van der Waals surface area contributed by atoms with Gasteiger partial charge >= 0.3 is 0 Å². The first kappa shape index (κ1) is 18.0. The number of aromatic nitrogens is 1. The van der Waals surface area contributed by atoms with Gasteiger partial charge < -0.3 is 19.1 Å². The molecular weight excluding hydrogens is 292 g/mol. The molecule has 0 spiro atoms. The van der Waals surface area contributed by atoms with E-state index in [0.717, 1.165) is 24.5 Å². The summed E-state index contributed by atoms with van der Waals surface area (Å²) in [5.74, 6) is 0. The van der Waals surface area contributed by atoms with Crippen molar-refractivity contribution in [1.29, 1.82) is 0 Å². The third-order valence-electron chi connectivity index (χ3n) is 2.79. The molecule has 0 fully saturated rings. The Bertz CT molecular complexity index is 402. The predicted octanol–water partition coefficient (Wildman–Crippen LogP) is 1.98. The lowest BCUT2D eigenvalue weighted by atomic mass is 10.4. The Hall–Kier alpha value is -1.02. The van der Waals surface area contributed by atoms with E-state index in [1.54, 1.807) is 7.11 Å². The lowest BCUT2D eigenvalue weighted by Gasteiger charge is -2.21. The van der Waals surface area contributed by atoms with Crippen molar-refractivity contribution in [3.05, 3.63) is 10.6 Å². The third-order valence-corrected chi connectivity index (χ3v) is 3.88. The Morgan fingerprint density at radius 3 is 2.29 bits per heavy atom. The van der Waals surface area contributed by atoms with Gasteiger partial charge in [-0.2, -0.15) is 0 Å². The van der Waals surface area contributed by atoms with Crippen LogP contribution in [0.15, 0.2) is 0 Å². The van der Waals surface area contributed by atoms with E-state index in [-0.39, 0.29) is 0 Å². The summed E-state index contributed by atoms with van der Waals surface area (Å²) >= 11 is 1.38. The monoisotopic (exact) mass is 316 g/mol. The fourth-order valence-electron chi connectivity index (χ4n) is 1.76. The van der Waals surface area contributed by atoms with Crippen LogP contribution in [0.5, 0.6) is 0 Å². The number of carbonyl (C=O) groups excluding carboxylic acids is 1. The lowest BCUT2D eigenvalue weighted by Crippen LogP contribution is -2.31. The summed E-state index contributed by atoms with van der Waals surface area (Å²) < 4.78 is 15.9. The van der Waals surface area contributed by atoms with E-state index in [1.165, 1.54) is 11.3 Å². The first-order valence-corrected chi connectivity index (χ1v) is 7.92. The lowest BCUT2D eigenvalue weighted by molar-refractivity contribution is 0.112. The third kappa shape index (κ3) is 6.09. The Morgan fingerprint density at radius 1 is 1.19 bits per heavy atom. The maximum absolute atomic E-state index is 11.1. The van der Waals surface area contributed by atoms with Gasteiger partial charge in [0.1, 0.15) is 0 Å². The van der Waals surface area contributed by atoms with Crippen LogP contribution in [-0.2, 0) is 20.8 Å². The van der Waals surface area contributed by atoms with Gasteiger partial charge in [0.25, 0.3) is 0 Å². The summed E-state index contributed by atoms with van der Waals surface area (Å²) in [7, 11) is 1.59. The Balaban J connectivity index is 2.76. The van der Waals surface area contributed by atoms with Crippen LogP contribution in [0, 0.1) is 0 Å². The number of carbonyl (C=O) groups is 1. The van der Waals surface area contributed by atoms with E-state index in [4.69, 9.17) is 14.2 Å². The molecule has 1 aromatic rings. The van der Waals surface area contributed by atoms with Crippen molar-refractivity contribution in [2.24, 2.45) is 0 Å². The van der Waals surface area contributed by atoms with Gasteiger partial charge in [-0.3, -0.25) is 4.79 Å². The molecule has 1 heterocycles. The van der Waals surface area contributed by atoms with E-state index in [0.29, 0.717) is 43.6 Å². The topological polar surface area (TPSA) is 60.9 Å². The molecule has 6 nitrogen and oxygen atoms in total. The molecule has 0 atom stereocenters. The SMILES string of the molecule is CCOCCN(CCOCC)c1nc(COC)c(C=O)s1. The molecule has 0 aliphatic rings. The minimum atomic E-state index is 0.343. The Kier molecular flexibility index (Phi) is 9.16. The zero-order chi connectivity index (χ0) is 15.5. The van der Waals surface area contributed by atoms with Gasteiger partial charge in [0.05, 0.1) is 30.4 Å². The van der Waals surface area contributed by atoms with Crippen molar-refractivity contribution < 1.29 is 19.0 Å². The number of thiazole rings is 1. The molecule has 120 valence electrons. The summed E-state index contributed by atoms with van der Waals surface area (Å²) in [6, 6.07) is 0. The highest BCUT2D eigenvalue weighted by Gasteiger charge is 2.16. The zero-order valence-electron chi connectivity index (χ0n) is 13.0. The maximum Gasteiger partial charge on any atom is 0.186 e. The number of ether oxygens (including phenoxy) is 3. The largest absolute Gasteiger partial charge is 0.380 e. The molecular formula is C14H24N2O4S. The minimum absolute atomic E-state index is 0.343. The van der Waals surface area contributed by atoms with Crippen molar-refractivity contribution in [3.63, 3.8) is 0 Å². The van der Waals surface area contributed by atoms with Crippen molar-refractivity contribution in [2.75, 3.05) is 51.5 Å². The number of hydrogen-bond donors (Lipinski definition) is 0. The van der Waals surface area contributed by atoms with Crippen molar-refractivity contribution in [2.45, 2.75) is 20.5 Å². The minimum Gasteiger partial charge on any atom is -0.380 e. The summed E-state index contributed by atoms with van der Waals surface area (Å²) in [5.41, 5.74) is 0.685. The molecule has 0 amide bonds. The molecule has 0 aliphatic carbocycles. The number of aldehydes is 1. The number of nitrogens with zero attached hydrogens (tertiary/aromatic N) is 2. The van der Waals surface area contributed by atoms with Gasteiger partial charge in [0.2, 0.25) is 0 Å². The predicted molar refractivity (Wildman–Crippen MR) is 83.4 cm³/mol. The summed E-state index contributed by atoms with van der Waals surface area (Å²) in [5, 5.41) is 0.809. The number of rotatable bonds is 12. The average Bonchev–Trinajstić information content (AvgIpc) is 2.89. The van der Waals surface area contributed by atoms with Gasteiger partial charge in [-0.05, 0) is 13.8 Å². The second kappa shape index (κ2) is 10.7. The fourth-order valence-corrected chi connectivity index (χ4v) is 2.69. The van der Waals surface area contributed by atoms with E-state index >= 15 is 0 Å². The van der Waals surface area contributed by atoms with Gasteiger partial charge in [0, 0.05) is 33.4 Å². The zero-order valence-corrected chi connectivity index (χ0v) is 13.8. The molecule has 0 aliphatic heterocycles. The number of methoxy groups -OCH3 is 1. The van der Waals surface area contributed by atoms with Gasteiger partial charge in [0.15, 0.2) is 11.4 Å². The quantitative estimate of drug-likeness (QED) is 0.434. The van der Waals surface area contributed by atoms with Crippen LogP contribution >= 0.6 is 11.3 Å². The molecule has 7 heteroatoms. The van der Waals surface area contributed by atoms with Crippen LogP contribution in [0.25, 0.3) is 0 Å². The van der Waals surface area contributed by atoms with E-state index in [2.05, 4.69) is 9.88 Å². The second-order valence-corrected chi connectivity index (χ2v) is 5.25. The molecule has 0 N–H and O–H groups in total.